The summed E-state index contributed by atoms with van der Waals surface area (Å²) in [6.45, 7) is -2.48. The number of rotatable bonds is 10. The number of ether oxygens (including phenoxy) is 6. The van der Waals surface area contributed by atoms with E-state index in [2.05, 4.69) is 0 Å². The zero-order valence-corrected chi connectivity index (χ0v) is 27.8. The number of phenolic OH excluding ortho intramolecular Hbond substituents is 2. The van der Waals surface area contributed by atoms with Crippen LogP contribution in [0.5, 0.6) is 23.0 Å². The molecule has 298 valence electrons. The Morgan fingerprint density at radius 1 is 0.593 bits per heavy atom. The first-order chi connectivity index (χ1) is 25.7. The third kappa shape index (κ3) is 7.45. The summed E-state index contributed by atoms with van der Waals surface area (Å²) in [6, 6.07) is 7.07. The van der Waals surface area contributed by atoms with Gasteiger partial charge in [-0.15, -0.1) is 0 Å². The van der Waals surface area contributed by atoms with Crippen molar-refractivity contribution in [3.05, 3.63) is 46.6 Å². The van der Waals surface area contributed by atoms with Gasteiger partial charge in [0, 0.05) is 17.7 Å². The molecule has 21 heteroatoms. The van der Waals surface area contributed by atoms with E-state index in [-0.39, 0.29) is 22.6 Å². The van der Waals surface area contributed by atoms with E-state index in [1.807, 2.05) is 0 Å². The molecule has 54 heavy (non-hydrogen) atoms. The number of hydrogen-bond acceptors (Lipinski definition) is 21. The Hall–Kier alpha value is -3.75. The smallest absolute Gasteiger partial charge is 0.239 e. The molecule has 6 rings (SSSR count). The Balaban J connectivity index is 1.41. The van der Waals surface area contributed by atoms with Crippen LogP contribution in [0, 0.1) is 0 Å². The number of aromatic hydroxyl groups is 2. The summed E-state index contributed by atoms with van der Waals surface area (Å²) in [6.07, 6.45) is -26.7. The number of hydrogen-bond donors (Lipinski definition) is 13. The molecule has 0 amide bonds. The SMILES string of the molecule is O=c1c(O[C@@H]2OC(CO)[C@H](O)C(O)C2O[C@@H]2OC(CO)[C@@H](O)C(O)[C@H]2O)c(-c2ccc(O)cc2)oc2cc(O[C@@H]3OC(CO)[C@@H](O)[C@H](O)C3O)cc(O)c12. The van der Waals surface area contributed by atoms with Gasteiger partial charge in [0.25, 0.3) is 0 Å². The maximum atomic E-state index is 14.2. The van der Waals surface area contributed by atoms with Gasteiger partial charge >= 0.3 is 0 Å². The summed E-state index contributed by atoms with van der Waals surface area (Å²) in [5.74, 6) is -2.38. The van der Waals surface area contributed by atoms with Gasteiger partial charge in [-0.05, 0) is 24.3 Å². The van der Waals surface area contributed by atoms with Gasteiger partial charge in [-0.2, -0.15) is 0 Å². The number of phenols is 2. The van der Waals surface area contributed by atoms with Crippen molar-refractivity contribution >= 4 is 11.0 Å². The minimum absolute atomic E-state index is 0.0723. The Morgan fingerprint density at radius 2 is 1.11 bits per heavy atom. The van der Waals surface area contributed by atoms with Crippen molar-refractivity contribution in [1.82, 2.24) is 0 Å². The monoisotopic (exact) mass is 772 g/mol. The minimum Gasteiger partial charge on any atom is -0.508 e. The van der Waals surface area contributed by atoms with Crippen LogP contribution in [0.25, 0.3) is 22.3 Å². The van der Waals surface area contributed by atoms with Gasteiger partial charge in [0.1, 0.15) is 95.4 Å². The van der Waals surface area contributed by atoms with Gasteiger partial charge in [0.05, 0.1) is 19.8 Å². The molecule has 0 bridgehead atoms. The molecule has 1 aromatic heterocycles. The Bertz CT molecular complexity index is 1800. The number of benzene rings is 2. The largest absolute Gasteiger partial charge is 0.508 e. The molecule has 3 aliphatic rings. The van der Waals surface area contributed by atoms with Crippen molar-refractivity contribution in [3.63, 3.8) is 0 Å². The van der Waals surface area contributed by atoms with Crippen LogP contribution < -0.4 is 14.9 Å². The van der Waals surface area contributed by atoms with E-state index < -0.39 is 140 Å². The third-order valence-corrected chi connectivity index (χ3v) is 9.33. The molecular weight excluding hydrogens is 732 g/mol. The molecule has 0 saturated carbocycles. The average Bonchev–Trinajstić information content (AvgIpc) is 3.15. The fourth-order valence-electron chi connectivity index (χ4n) is 6.28. The summed E-state index contributed by atoms with van der Waals surface area (Å²) < 4.78 is 39.6. The predicted molar refractivity (Wildman–Crippen MR) is 173 cm³/mol. The average molecular weight is 773 g/mol. The lowest BCUT2D eigenvalue weighted by molar-refractivity contribution is -0.358. The van der Waals surface area contributed by atoms with Crippen molar-refractivity contribution in [2.45, 2.75) is 92.1 Å². The number of fused-ring (bicyclic) bond motifs is 1. The molecule has 3 aromatic rings. The fourth-order valence-corrected chi connectivity index (χ4v) is 6.28. The second-order valence-electron chi connectivity index (χ2n) is 12.9. The molecule has 15 atom stereocenters. The topological polar surface area (TPSA) is 349 Å². The number of aliphatic hydroxyl groups excluding tert-OH is 11. The summed E-state index contributed by atoms with van der Waals surface area (Å²) in [4.78, 5) is 14.2. The van der Waals surface area contributed by atoms with Crippen LogP contribution in [0.1, 0.15) is 0 Å². The maximum absolute atomic E-state index is 14.2. The van der Waals surface area contributed by atoms with Crippen LogP contribution in [0.2, 0.25) is 0 Å². The first-order valence-electron chi connectivity index (χ1n) is 16.5. The lowest BCUT2D eigenvalue weighted by Gasteiger charge is -2.45. The maximum Gasteiger partial charge on any atom is 0.239 e. The molecule has 3 saturated heterocycles. The molecule has 13 N–H and O–H groups in total. The van der Waals surface area contributed by atoms with Crippen LogP contribution in [0.4, 0.5) is 0 Å². The van der Waals surface area contributed by atoms with Gasteiger partial charge in [0.2, 0.25) is 23.8 Å². The van der Waals surface area contributed by atoms with Crippen LogP contribution in [0.15, 0.2) is 45.6 Å². The molecule has 21 nitrogen and oxygen atoms in total. The third-order valence-electron chi connectivity index (χ3n) is 9.33. The van der Waals surface area contributed by atoms with Gasteiger partial charge in [-0.25, -0.2) is 0 Å². The Labute approximate surface area is 303 Å². The summed E-state index contributed by atoms with van der Waals surface area (Å²) >= 11 is 0. The molecule has 0 radical (unpaired) electrons. The van der Waals surface area contributed by atoms with Crippen molar-refractivity contribution < 1.29 is 99.2 Å². The van der Waals surface area contributed by atoms with Gasteiger partial charge in [-0.1, -0.05) is 0 Å². The zero-order chi connectivity index (χ0) is 39.2. The highest BCUT2D eigenvalue weighted by Crippen LogP contribution is 2.39. The Morgan fingerprint density at radius 3 is 1.69 bits per heavy atom. The minimum atomic E-state index is -2.01. The number of aliphatic hydroxyl groups is 11. The first kappa shape index (κ1) is 39.9. The van der Waals surface area contributed by atoms with E-state index in [9.17, 15) is 71.2 Å². The molecule has 7 unspecified atom stereocenters. The standard InChI is InChI=1S/C33H40O21/c34-7-15-19(39)23(43)26(46)31(50-15)48-12-5-13(38)18-14(6-12)49-28(10-1-3-11(37)4-2-10)29(22(18)42)53-33-30(25(45)21(41)17(9-36)52-33)54-32-27(47)24(44)20(40)16(8-35)51-32/h1-6,15-17,19-21,23-27,30-41,43-47H,7-9H2/t15?,16?,17?,19-,20-,21+,23+,24?,25?,26?,27-,30?,31-,32+,33+/m1/s1. The quantitative estimate of drug-likeness (QED) is 0.0918. The van der Waals surface area contributed by atoms with Gasteiger partial charge < -0.3 is 99.2 Å². The first-order valence-corrected chi connectivity index (χ1v) is 16.5. The second-order valence-corrected chi connectivity index (χ2v) is 12.9. The highest BCUT2D eigenvalue weighted by molar-refractivity contribution is 5.88. The van der Waals surface area contributed by atoms with Crippen molar-refractivity contribution in [1.29, 1.82) is 0 Å². The molecule has 3 fully saturated rings. The van der Waals surface area contributed by atoms with Crippen LogP contribution in [-0.4, -0.2) is 178 Å². The molecule has 2 aromatic carbocycles. The van der Waals surface area contributed by atoms with Crippen molar-refractivity contribution in [2.75, 3.05) is 19.8 Å². The second kappa shape index (κ2) is 16.2. The van der Waals surface area contributed by atoms with Gasteiger partial charge in [0.15, 0.2) is 18.2 Å². The Kier molecular flexibility index (Phi) is 11.9. The van der Waals surface area contributed by atoms with E-state index in [4.69, 9.17) is 32.8 Å². The van der Waals surface area contributed by atoms with E-state index in [1.165, 1.54) is 24.3 Å². The van der Waals surface area contributed by atoms with Crippen LogP contribution in [0.3, 0.4) is 0 Å². The summed E-state index contributed by atoms with van der Waals surface area (Å²) in [7, 11) is 0. The lowest BCUT2D eigenvalue weighted by Crippen LogP contribution is -2.65. The van der Waals surface area contributed by atoms with E-state index in [1.54, 1.807) is 0 Å². The van der Waals surface area contributed by atoms with E-state index >= 15 is 0 Å². The fraction of sp³-hybridized carbons (Fsp3) is 0.545. The van der Waals surface area contributed by atoms with Crippen molar-refractivity contribution in [2.24, 2.45) is 0 Å². The molecule has 3 aliphatic heterocycles. The highest BCUT2D eigenvalue weighted by atomic mass is 16.8. The van der Waals surface area contributed by atoms with Crippen LogP contribution in [-0.2, 0) is 18.9 Å². The summed E-state index contributed by atoms with van der Waals surface area (Å²) in [5, 5.41) is 133. The molecule has 4 heterocycles. The molecule has 0 aliphatic carbocycles. The van der Waals surface area contributed by atoms with Crippen molar-refractivity contribution in [3.8, 4) is 34.3 Å². The molecule has 0 spiro atoms. The highest BCUT2D eigenvalue weighted by Gasteiger charge is 2.52. The lowest BCUT2D eigenvalue weighted by atomic mass is 9.97. The summed E-state index contributed by atoms with van der Waals surface area (Å²) in [5.41, 5.74) is -1.38. The van der Waals surface area contributed by atoms with Crippen LogP contribution >= 0.6 is 0 Å². The normalized spacial score (nSPS) is 37.3. The van der Waals surface area contributed by atoms with E-state index in [0.717, 1.165) is 12.1 Å². The van der Waals surface area contributed by atoms with Gasteiger partial charge in [-0.3, -0.25) is 4.79 Å². The molecular formula is C33H40O21. The van der Waals surface area contributed by atoms with E-state index in [0.29, 0.717) is 0 Å². The zero-order valence-electron chi connectivity index (χ0n) is 27.8. The predicted octanol–water partition coefficient (Wildman–Crippen LogP) is -4.95.